The van der Waals surface area contributed by atoms with Gasteiger partial charge in [0.1, 0.15) is 5.82 Å². The van der Waals surface area contributed by atoms with Gasteiger partial charge in [0.05, 0.1) is 12.0 Å². The highest BCUT2D eigenvalue weighted by Gasteiger charge is 2.19. The van der Waals surface area contributed by atoms with Crippen LogP contribution < -0.4 is 0 Å². The predicted molar refractivity (Wildman–Crippen MR) is 66.8 cm³/mol. The lowest BCUT2D eigenvalue weighted by molar-refractivity contribution is 0.500. The Morgan fingerprint density at radius 1 is 1.35 bits per heavy atom. The third-order valence-electron chi connectivity index (χ3n) is 3.40. The molecule has 0 bridgehead atoms. The highest BCUT2D eigenvalue weighted by Crippen LogP contribution is 2.28. The summed E-state index contributed by atoms with van der Waals surface area (Å²) in [5.41, 5.74) is 1.58. The van der Waals surface area contributed by atoms with Crippen LogP contribution in [0.3, 0.4) is 0 Å². The largest absolute Gasteiger partial charge is 0.303 e. The van der Waals surface area contributed by atoms with E-state index in [1.54, 1.807) is 29.4 Å². The number of benzene rings is 1. The van der Waals surface area contributed by atoms with Crippen molar-refractivity contribution in [2.75, 3.05) is 0 Å². The molecule has 0 unspecified atom stereocenters. The molecule has 1 aromatic carbocycles. The molecule has 2 rings (SSSR count). The number of imidazole rings is 1. The molecular weight excluding hydrogens is 215 g/mol. The zero-order valence-electron chi connectivity index (χ0n) is 10.4. The third kappa shape index (κ3) is 2.23. The summed E-state index contributed by atoms with van der Waals surface area (Å²) >= 11 is 0. The van der Waals surface area contributed by atoms with Crippen LogP contribution in [0.1, 0.15) is 32.8 Å². The minimum absolute atomic E-state index is 0.00824. The molecule has 17 heavy (non-hydrogen) atoms. The van der Waals surface area contributed by atoms with Gasteiger partial charge in [-0.25, -0.2) is 9.37 Å². The predicted octanol–water partition coefficient (Wildman–Crippen LogP) is 3.70. The molecule has 0 radical (unpaired) electrons. The first-order valence-electron chi connectivity index (χ1n) is 5.83. The molecule has 0 spiro atoms. The second-order valence-electron chi connectivity index (χ2n) is 4.87. The number of hydrogen-bond acceptors (Lipinski definition) is 1. The van der Waals surface area contributed by atoms with Crippen molar-refractivity contribution in [2.45, 2.75) is 32.6 Å². The molecule has 90 valence electrons. The molecule has 1 heterocycles. The standard InChI is InChI=1S/C14H17FN2/c1-4-14(2,3)11-5-6-13(12(15)9-11)17-8-7-16-10-17/h5-10H,4H2,1-3H3. The molecule has 0 aliphatic heterocycles. The van der Waals surface area contributed by atoms with Gasteiger partial charge in [0.25, 0.3) is 0 Å². The number of rotatable bonds is 3. The average molecular weight is 232 g/mol. The van der Waals surface area contributed by atoms with Crippen molar-refractivity contribution in [1.82, 2.24) is 9.55 Å². The van der Waals surface area contributed by atoms with Crippen LogP contribution in [-0.4, -0.2) is 9.55 Å². The Morgan fingerprint density at radius 3 is 2.65 bits per heavy atom. The molecule has 2 aromatic rings. The Kier molecular flexibility index (Phi) is 3.01. The quantitative estimate of drug-likeness (QED) is 0.789. The Hall–Kier alpha value is -1.64. The van der Waals surface area contributed by atoms with E-state index < -0.39 is 0 Å². The van der Waals surface area contributed by atoms with Gasteiger partial charge in [-0.3, -0.25) is 0 Å². The van der Waals surface area contributed by atoms with E-state index in [1.165, 1.54) is 0 Å². The highest BCUT2D eigenvalue weighted by molar-refractivity contribution is 5.38. The van der Waals surface area contributed by atoms with Crippen molar-refractivity contribution in [3.8, 4) is 5.69 Å². The van der Waals surface area contributed by atoms with Gasteiger partial charge in [-0.2, -0.15) is 0 Å². The van der Waals surface area contributed by atoms with E-state index in [-0.39, 0.29) is 11.2 Å². The van der Waals surface area contributed by atoms with Crippen LogP contribution in [0.2, 0.25) is 0 Å². The summed E-state index contributed by atoms with van der Waals surface area (Å²) in [6.07, 6.45) is 5.96. The van der Waals surface area contributed by atoms with Gasteiger partial charge in [-0.15, -0.1) is 0 Å². The number of nitrogens with zero attached hydrogens (tertiary/aromatic N) is 2. The SMILES string of the molecule is CCC(C)(C)c1ccc(-n2ccnc2)c(F)c1. The monoisotopic (exact) mass is 232 g/mol. The third-order valence-corrected chi connectivity index (χ3v) is 3.40. The van der Waals surface area contributed by atoms with Crippen LogP contribution in [0.5, 0.6) is 0 Å². The van der Waals surface area contributed by atoms with Crippen LogP contribution >= 0.6 is 0 Å². The normalized spacial score (nSPS) is 11.8. The maximum Gasteiger partial charge on any atom is 0.147 e. The summed E-state index contributed by atoms with van der Waals surface area (Å²) in [6, 6.07) is 5.42. The van der Waals surface area contributed by atoms with Crippen molar-refractivity contribution in [3.05, 3.63) is 48.3 Å². The summed E-state index contributed by atoms with van der Waals surface area (Å²) < 4.78 is 15.7. The summed E-state index contributed by atoms with van der Waals surface area (Å²) in [6.45, 7) is 6.36. The minimum atomic E-state index is -0.206. The van der Waals surface area contributed by atoms with Crippen LogP contribution in [0.15, 0.2) is 36.9 Å². The second-order valence-corrected chi connectivity index (χ2v) is 4.87. The fraction of sp³-hybridized carbons (Fsp3) is 0.357. The fourth-order valence-electron chi connectivity index (χ4n) is 1.74. The maximum absolute atomic E-state index is 14.0. The second kappa shape index (κ2) is 4.32. The van der Waals surface area contributed by atoms with E-state index in [4.69, 9.17) is 0 Å². The Morgan fingerprint density at radius 2 is 2.12 bits per heavy atom. The van der Waals surface area contributed by atoms with E-state index >= 15 is 0 Å². The van der Waals surface area contributed by atoms with E-state index in [1.807, 2.05) is 12.1 Å². The van der Waals surface area contributed by atoms with Crippen molar-refractivity contribution in [2.24, 2.45) is 0 Å². The molecular formula is C14H17FN2. The van der Waals surface area contributed by atoms with Gasteiger partial charge >= 0.3 is 0 Å². The number of hydrogen-bond donors (Lipinski definition) is 0. The fourth-order valence-corrected chi connectivity index (χ4v) is 1.74. The van der Waals surface area contributed by atoms with E-state index in [9.17, 15) is 4.39 Å². The smallest absolute Gasteiger partial charge is 0.147 e. The number of halogens is 1. The lowest BCUT2D eigenvalue weighted by Crippen LogP contribution is -2.16. The van der Waals surface area contributed by atoms with Gasteiger partial charge in [0, 0.05) is 12.4 Å². The van der Waals surface area contributed by atoms with Crippen LogP contribution in [0, 0.1) is 5.82 Å². The minimum Gasteiger partial charge on any atom is -0.303 e. The van der Waals surface area contributed by atoms with Crippen LogP contribution in [0.4, 0.5) is 4.39 Å². The molecule has 3 heteroatoms. The van der Waals surface area contributed by atoms with E-state index in [0.29, 0.717) is 5.69 Å². The summed E-state index contributed by atoms with van der Waals surface area (Å²) in [4.78, 5) is 3.92. The molecule has 0 N–H and O–H groups in total. The molecule has 1 aromatic heterocycles. The van der Waals surface area contributed by atoms with Gasteiger partial charge in [0.15, 0.2) is 0 Å². The van der Waals surface area contributed by atoms with Gasteiger partial charge < -0.3 is 4.57 Å². The topological polar surface area (TPSA) is 17.8 Å². The van der Waals surface area contributed by atoms with Crippen LogP contribution in [-0.2, 0) is 5.41 Å². The first-order chi connectivity index (χ1) is 8.04. The van der Waals surface area contributed by atoms with Gasteiger partial charge in [0.2, 0.25) is 0 Å². The molecule has 0 aliphatic carbocycles. The highest BCUT2D eigenvalue weighted by atomic mass is 19.1. The Labute approximate surface area is 101 Å². The lowest BCUT2D eigenvalue weighted by atomic mass is 9.82. The molecule has 0 saturated heterocycles. The van der Waals surface area contributed by atoms with Gasteiger partial charge in [-0.1, -0.05) is 26.8 Å². The molecule has 2 nitrogen and oxygen atoms in total. The number of aromatic nitrogens is 2. The molecule has 0 atom stereocenters. The summed E-state index contributed by atoms with van der Waals surface area (Å²) in [5.74, 6) is -0.206. The molecule has 0 saturated carbocycles. The van der Waals surface area contributed by atoms with Crippen molar-refractivity contribution in [3.63, 3.8) is 0 Å². The Balaban J connectivity index is 2.43. The van der Waals surface area contributed by atoms with Crippen LogP contribution in [0.25, 0.3) is 5.69 Å². The lowest BCUT2D eigenvalue weighted by Gasteiger charge is -2.23. The Bertz CT molecular complexity index is 501. The van der Waals surface area contributed by atoms with Crippen molar-refractivity contribution < 1.29 is 4.39 Å². The first kappa shape index (κ1) is 11.8. The van der Waals surface area contributed by atoms with Crippen molar-refractivity contribution >= 4 is 0 Å². The maximum atomic E-state index is 14.0. The van der Waals surface area contributed by atoms with E-state index in [0.717, 1.165) is 12.0 Å². The average Bonchev–Trinajstić information content (AvgIpc) is 2.82. The first-order valence-corrected chi connectivity index (χ1v) is 5.83. The van der Waals surface area contributed by atoms with Gasteiger partial charge in [-0.05, 0) is 29.5 Å². The molecule has 0 fully saturated rings. The zero-order chi connectivity index (χ0) is 12.5. The summed E-state index contributed by atoms with van der Waals surface area (Å²) in [5, 5.41) is 0. The van der Waals surface area contributed by atoms with E-state index in [2.05, 4.69) is 25.8 Å². The summed E-state index contributed by atoms with van der Waals surface area (Å²) in [7, 11) is 0. The van der Waals surface area contributed by atoms with Crippen molar-refractivity contribution in [1.29, 1.82) is 0 Å². The zero-order valence-corrected chi connectivity index (χ0v) is 10.4. The molecule has 0 amide bonds. The molecule has 0 aliphatic rings.